The second kappa shape index (κ2) is 8.90. The first kappa shape index (κ1) is 24.3. The van der Waals surface area contributed by atoms with Crippen molar-refractivity contribution in [3.05, 3.63) is 57.4 Å². The van der Waals surface area contributed by atoms with Crippen LogP contribution in [0.25, 0.3) is 10.1 Å². The van der Waals surface area contributed by atoms with E-state index in [9.17, 15) is 18.0 Å². The van der Waals surface area contributed by atoms with Gasteiger partial charge in [-0.05, 0) is 68.6 Å². The molecule has 3 aromatic rings. The Kier molecular flexibility index (Phi) is 6.76. The maximum absolute atomic E-state index is 13.5. The Morgan fingerprint density at radius 2 is 1.69 bits per heavy atom. The van der Waals surface area contributed by atoms with E-state index in [4.69, 9.17) is 33.7 Å². The molecule has 1 heterocycles. The second-order valence-corrected chi connectivity index (χ2v) is 11.7. The number of anilines is 1. The minimum Gasteiger partial charge on any atom is -0.459 e. The van der Waals surface area contributed by atoms with Crippen LogP contribution in [0.2, 0.25) is 10.0 Å². The Morgan fingerprint density at radius 3 is 2.25 bits per heavy atom. The standard InChI is InChI=1S/C21H20Cl2N2O5S2/c1-21(2,3)30-19(26)11-25(32(28,29)16-9-13(22)8-14(23)10-16)15-4-5-17-12(6-15)7-18(31-17)20(24)27/h4-10H,11H2,1-3H3,(H2,24,27). The number of rotatable bonds is 6. The van der Waals surface area contributed by atoms with Crippen molar-refractivity contribution < 1.29 is 22.7 Å². The quantitative estimate of drug-likeness (QED) is 0.473. The molecule has 0 fully saturated rings. The van der Waals surface area contributed by atoms with Crippen molar-refractivity contribution in [2.75, 3.05) is 10.8 Å². The number of nitrogens with two attached hydrogens (primary N) is 1. The molecule has 0 atom stereocenters. The third kappa shape index (κ3) is 5.53. The van der Waals surface area contributed by atoms with Crippen molar-refractivity contribution in [1.29, 1.82) is 0 Å². The Balaban J connectivity index is 2.12. The molecule has 0 radical (unpaired) electrons. The average Bonchev–Trinajstić information content (AvgIpc) is 3.07. The lowest BCUT2D eigenvalue weighted by Gasteiger charge is -2.26. The van der Waals surface area contributed by atoms with E-state index in [2.05, 4.69) is 0 Å². The van der Waals surface area contributed by atoms with Crippen LogP contribution in [-0.4, -0.2) is 32.4 Å². The minimum atomic E-state index is -4.25. The molecule has 3 rings (SSSR count). The first-order valence-electron chi connectivity index (χ1n) is 9.30. The molecule has 11 heteroatoms. The smallest absolute Gasteiger partial charge is 0.327 e. The zero-order chi connectivity index (χ0) is 23.8. The van der Waals surface area contributed by atoms with Crippen LogP contribution >= 0.6 is 34.5 Å². The minimum absolute atomic E-state index is 0.132. The lowest BCUT2D eigenvalue weighted by Crippen LogP contribution is -2.39. The highest BCUT2D eigenvalue weighted by atomic mass is 35.5. The van der Waals surface area contributed by atoms with Gasteiger partial charge in [0, 0.05) is 14.7 Å². The normalized spacial score (nSPS) is 12.0. The summed E-state index contributed by atoms with van der Waals surface area (Å²) in [4.78, 5) is 24.2. The van der Waals surface area contributed by atoms with Gasteiger partial charge in [-0.3, -0.25) is 13.9 Å². The zero-order valence-corrected chi connectivity index (χ0v) is 20.5. The maximum atomic E-state index is 13.5. The molecule has 1 amide bonds. The number of carbonyl (C=O) groups excluding carboxylic acids is 2. The van der Waals surface area contributed by atoms with E-state index in [1.54, 1.807) is 39.0 Å². The summed E-state index contributed by atoms with van der Waals surface area (Å²) < 4.78 is 34.0. The molecular formula is C21H20Cl2N2O5S2. The van der Waals surface area contributed by atoms with Gasteiger partial charge in [-0.1, -0.05) is 23.2 Å². The molecule has 0 aliphatic heterocycles. The van der Waals surface area contributed by atoms with Gasteiger partial charge in [0.25, 0.3) is 15.9 Å². The van der Waals surface area contributed by atoms with Gasteiger partial charge in [-0.2, -0.15) is 0 Å². The molecule has 0 saturated carbocycles. The highest BCUT2D eigenvalue weighted by Gasteiger charge is 2.30. The Morgan fingerprint density at radius 1 is 1.06 bits per heavy atom. The van der Waals surface area contributed by atoms with Gasteiger partial charge in [0.1, 0.15) is 12.1 Å². The summed E-state index contributed by atoms with van der Waals surface area (Å²) >= 11 is 13.2. The molecule has 0 aliphatic rings. The fourth-order valence-electron chi connectivity index (χ4n) is 2.92. The van der Waals surface area contributed by atoms with E-state index in [1.807, 2.05) is 0 Å². The van der Waals surface area contributed by atoms with Crippen LogP contribution in [-0.2, 0) is 19.6 Å². The van der Waals surface area contributed by atoms with Gasteiger partial charge >= 0.3 is 5.97 Å². The fraction of sp³-hybridized carbons (Fsp3) is 0.238. The van der Waals surface area contributed by atoms with Crippen molar-refractivity contribution >= 4 is 72.2 Å². The number of thiophene rings is 1. The largest absolute Gasteiger partial charge is 0.459 e. The molecule has 2 N–H and O–H groups in total. The van der Waals surface area contributed by atoms with Crippen LogP contribution < -0.4 is 10.0 Å². The van der Waals surface area contributed by atoms with Gasteiger partial charge in [0.2, 0.25) is 0 Å². The molecule has 170 valence electrons. The summed E-state index contributed by atoms with van der Waals surface area (Å²) in [5.41, 5.74) is 4.75. The number of amides is 1. The van der Waals surface area contributed by atoms with E-state index >= 15 is 0 Å². The van der Waals surface area contributed by atoms with Crippen LogP contribution in [0.1, 0.15) is 30.4 Å². The Hall–Kier alpha value is -2.33. The van der Waals surface area contributed by atoms with Crippen molar-refractivity contribution in [3.63, 3.8) is 0 Å². The molecule has 0 unspecified atom stereocenters. The number of halogens is 2. The molecule has 0 spiro atoms. The molecular weight excluding hydrogens is 495 g/mol. The number of hydrogen-bond donors (Lipinski definition) is 1. The monoisotopic (exact) mass is 514 g/mol. The SMILES string of the molecule is CC(C)(C)OC(=O)CN(c1ccc2sc(C(N)=O)cc2c1)S(=O)(=O)c1cc(Cl)cc(Cl)c1. The highest BCUT2D eigenvalue weighted by molar-refractivity contribution is 7.92. The number of carbonyl (C=O) groups is 2. The maximum Gasteiger partial charge on any atom is 0.327 e. The fourth-order valence-corrected chi connectivity index (χ4v) is 5.94. The number of fused-ring (bicyclic) bond motifs is 1. The van der Waals surface area contributed by atoms with Gasteiger partial charge in [0.05, 0.1) is 15.5 Å². The topological polar surface area (TPSA) is 107 Å². The predicted octanol–water partition coefficient (Wildman–Crippen LogP) is 4.84. The Bertz CT molecular complexity index is 1290. The second-order valence-electron chi connectivity index (χ2n) is 7.90. The third-order valence-corrected chi connectivity index (χ3v) is 7.47. The number of ether oxygens (including phenoxy) is 1. The number of benzene rings is 2. The first-order valence-corrected chi connectivity index (χ1v) is 12.3. The first-order chi connectivity index (χ1) is 14.8. The van der Waals surface area contributed by atoms with Crippen LogP contribution in [0, 0.1) is 0 Å². The van der Waals surface area contributed by atoms with Crippen molar-refractivity contribution in [1.82, 2.24) is 0 Å². The number of nitrogens with zero attached hydrogens (tertiary/aromatic N) is 1. The molecule has 2 aromatic carbocycles. The average molecular weight is 515 g/mol. The van der Waals surface area contributed by atoms with Gasteiger partial charge in [-0.15, -0.1) is 11.3 Å². The number of primary amides is 1. The summed E-state index contributed by atoms with van der Waals surface area (Å²) in [7, 11) is -4.25. The van der Waals surface area contributed by atoms with E-state index in [1.165, 1.54) is 35.6 Å². The zero-order valence-electron chi connectivity index (χ0n) is 17.4. The van der Waals surface area contributed by atoms with E-state index in [0.717, 1.165) is 9.01 Å². The predicted molar refractivity (Wildman–Crippen MR) is 127 cm³/mol. The summed E-state index contributed by atoms with van der Waals surface area (Å²) in [6.07, 6.45) is 0. The van der Waals surface area contributed by atoms with E-state index in [-0.39, 0.29) is 20.6 Å². The summed E-state index contributed by atoms with van der Waals surface area (Å²) in [5, 5.41) is 0.871. The van der Waals surface area contributed by atoms with Crippen molar-refractivity contribution in [2.45, 2.75) is 31.3 Å². The molecule has 1 aromatic heterocycles. The number of sulfonamides is 1. The van der Waals surface area contributed by atoms with Crippen molar-refractivity contribution in [2.24, 2.45) is 5.73 Å². The van der Waals surface area contributed by atoms with Crippen LogP contribution in [0.5, 0.6) is 0 Å². The summed E-state index contributed by atoms with van der Waals surface area (Å²) in [6.45, 7) is 4.47. The van der Waals surface area contributed by atoms with E-state index in [0.29, 0.717) is 10.3 Å². The Labute approximate surface area is 199 Å². The number of esters is 1. The number of hydrogen-bond acceptors (Lipinski definition) is 6. The third-order valence-electron chi connectivity index (χ3n) is 4.15. The summed E-state index contributed by atoms with van der Waals surface area (Å²) in [6, 6.07) is 10.2. The molecule has 0 aliphatic carbocycles. The van der Waals surface area contributed by atoms with Gasteiger partial charge in [0.15, 0.2) is 0 Å². The van der Waals surface area contributed by atoms with Crippen molar-refractivity contribution in [3.8, 4) is 0 Å². The van der Waals surface area contributed by atoms with Gasteiger partial charge < -0.3 is 10.5 Å². The molecule has 32 heavy (non-hydrogen) atoms. The highest BCUT2D eigenvalue weighted by Crippen LogP contribution is 2.33. The lowest BCUT2D eigenvalue weighted by molar-refractivity contribution is -0.152. The van der Waals surface area contributed by atoms with Crippen LogP contribution in [0.4, 0.5) is 5.69 Å². The lowest BCUT2D eigenvalue weighted by atomic mass is 10.2. The van der Waals surface area contributed by atoms with E-state index < -0.39 is 34.0 Å². The molecule has 0 bridgehead atoms. The van der Waals surface area contributed by atoms with Gasteiger partial charge in [-0.25, -0.2) is 8.42 Å². The molecule has 0 saturated heterocycles. The molecule has 7 nitrogen and oxygen atoms in total. The van der Waals surface area contributed by atoms with Crippen LogP contribution in [0.15, 0.2) is 47.4 Å². The van der Waals surface area contributed by atoms with Crippen LogP contribution in [0.3, 0.4) is 0 Å². The summed E-state index contributed by atoms with van der Waals surface area (Å²) in [5.74, 6) is -1.32.